The number of carbonyl (C=O) groups excluding carboxylic acids is 2. The summed E-state index contributed by atoms with van der Waals surface area (Å²) in [5.41, 5.74) is 1.03. The molecule has 0 radical (unpaired) electrons. The van der Waals surface area contributed by atoms with Crippen LogP contribution in [0.25, 0.3) is 0 Å². The smallest absolute Gasteiger partial charge is 0.291 e. The third kappa shape index (κ3) is 4.92. The van der Waals surface area contributed by atoms with Crippen LogP contribution in [0.1, 0.15) is 35.9 Å². The highest BCUT2D eigenvalue weighted by Crippen LogP contribution is 2.33. The van der Waals surface area contributed by atoms with Gasteiger partial charge in [-0.3, -0.25) is 9.59 Å². The molecule has 0 spiro atoms. The van der Waals surface area contributed by atoms with Crippen LogP contribution in [0.15, 0.2) is 41.0 Å². The van der Waals surface area contributed by atoms with Gasteiger partial charge in [0.1, 0.15) is 6.04 Å². The van der Waals surface area contributed by atoms with E-state index in [1.165, 1.54) is 6.26 Å². The summed E-state index contributed by atoms with van der Waals surface area (Å²) in [6.45, 7) is 2.54. The minimum Gasteiger partial charge on any atom is -0.493 e. The van der Waals surface area contributed by atoms with Crippen molar-refractivity contribution < 1.29 is 23.5 Å². The molecule has 2 aromatic rings. The summed E-state index contributed by atoms with van der Waals surface area (Å²) in [6.07, 6.45) is 3.90. The molecular weight excluding hydrogens is 404 g/mol. The van der Waals surface area contributed by atoms with Crippen molar-refractivity contribution in [1.29, 1.82) is 0 Å². The highest BCUT2D eigenvalue weighted by atomic mass is 32.2. The minimum absolute atomic E-state index is 0.0193. The largest absolute Gasteiger partial charge is 0.493 e. The van der Waals surface area contributed by atoms with Gasteiger partial charge in [0.25, 0.3) is 5.91 Å². The molecule has 1 aliphatic heterocycles. The standard InChI is InChI=1S/C22H28N2O5S/c1-4-6-20-24(22(26)18-7-5-12-29-18)16(14-30-20)21(25)23-11-10-15-8-9-17(27-2)19(13-15)28-3/h5,7-9,12-13,16,20H,4,6,10-11,14H2,1-3H3,(H,23,25). The number of amides is 2. The number of nitrogens with zero attached hydrogens (tertiary/aromatic N) is 1. The number of rotatable bonds is 9. The summed E-state index contributed by atoms with van der Waals surface area (Å²) in [7, 11) is 3.19. The van der Waals surface area contributed by atoms with Crippen LogP contribution in [0.3, 0.4) is 0 Å². The highest BCUT2D eigenvalue weighted by molar-refractivity contribution is 8.00. The Bertz CT molecular complexity index is 855. The Hall–Kier alpha value is -2.61. The van der Waals surface area contributed by atoms with Crippen molar-refractivity contribution in [2.75, 3.05) is 26.5 Å². The molecule has 1 N–H and O–H groups in total. The van der Waals surface area contributed by atoms with E-state index in [-0.39, 0.29) is 22.9 Å². The normalized spacial score (nSPS) is 18.3. The van der Waals surface area contributed by atoms with Crippen LogP contribution in [0.2, 0.25) is 0 Å². The zero-order valence-electron chi connectivity index (χ0n) is 17.6. The van der Waals surface area contributed by atoms with Crippen LogP contribution < -0.4 is 14.8 Å². The predicted octanol–water partition coefficient (Wildman–Crippen LogP) is 3.34. The van der Waals surface area contributed by atoms with E-state index in [1.807, 2.05) is 18.2 Å². The van der Waals surface area contributed by atoms with Gasteiger partial charge in [-0.15, -0.1) is 11.8 Å². The van der Waals surface area contributed by atoms with Gasteiger partial charge >= 0.3 is 0 Å². The summed E-state index contributed by atoms with van der Waals surface area (Å²) >= 11 is 1.65. The van der Waals surface area contributed by atoms with E-state index < -0.39 is 6.04 Å². The van der Waals surface area contributed by atoms with Gasteiger partial charge in [-0.2, -0.15) is 0 Å². The first-order valence-electron chi connectivity index (χ1n) is 10.0. The average molecular weight is 433 g/mol. The number of carbonyl (C=O) groups is 2. The number of furan rings is 1. The van der Waals surface area contributed by atoms with Crippen molar-refractivity contribution in [2.24, 2.45) is 0 Å². The zero-order chi connectivity index (χ0) is 21.5. The summed E-state index contributed by atoms with van der Waals surface area (Å²) in [6, 6.07) is 8.52. The fourth-order valence-electron chi connectivity index (χ4n) is 3.52. The summed E-state index contributed by atoms with van der Waals surface area (Å²) in [4.78, 5) is 27.5. The summed E-state index contributed by atoms with van der Waals surface area (Å²) in [5.74, 6) is 1.81. The summed E-state index contributed by atoms with van der Waals surface area (Å²) < 4.78 is 15.9. The molecule has 1 fully saturated rings. The van der Waals surface area contributed by atoms with Gasteiger partial charge in [0.15, 0.2) is 17.3 Å². The molecule has 1 aromatic heterocycles. The van der Waals surface area contributed by atoms with Crippen LogP contribution in [0.5, 0.6) is 11.5 Å². The third-order valence-corrected chi connectivity index (χ3v) is 6.41. The molecule has 8 heteroatoms. The molecule has 1 saturated heterocycles. The number of ether oxygens (including phenoxy) is 2. The first kappa shape index (κ1) is 22.1. The first-order valence-corrected chi connectivity index (χ1v) is 11.1. The van der Waals surface area contributed by atoms with Crippen LogP contribution in [-0.4, -0.2) is 54.6 Å². The van der Waals surface area contributed by atoms with Crippen molar-refractivity contribution in [2.45, 2.75) is 37.6 Å². The average Bonchev–Trinajstić information content (AvgIpc) is 3.44. The molecule has 3 rings (SSSR count). The van der Waals surface area contributed by atoms with Gasteiger partial charge in [0.05, 0.1) is 25.9 Å². The molecular formula is C22H28N2O5S. The Labute approximate surface area is 181 Å². The predicted molar refractivity (Wildman–Crippen MR) is 116 cm³/mol. The van der Waals surface area contributed by atoms with E-state index in [9.17, 15) is 9.59 Å². The number of thioether (sulfide) groups is 1. The number of benzene rings is 1. The Morgan fingerprint density at radius 3 is 2.70 bits per heavy atom. The van der Waals surface area contributed by atoms with Gasteiger partial charge in [-0.25, -0.2) is 0 Å². The van der Waals surface area contributed by atoms with Crippen molar-refractivity contribution in [3.05, 3.63) is 47.9 Å². The maximum Gasteiger partial charge on any atom is 0.291 e. The second-order valence-electron chi connectivity index (χ2n) is 7.01. The minimum atomic E-state index is -0.505. The zero-order valence-corrected chi connectivity index (χ0v) is 18.4. The fourth-order valence-corrected chi connectivity index (χ4v) is 5.04. The lowest BCUT2D eigenvalue weighted by Crippen LogP contribution is -2.50. The van der Waals surface area contributed by atoms with E-state index in [1.54, 1.807) is 43.0 Å². The summed E-state index contributed by atoms with van der Waals surface area (Å²) in [5, 5.41) is 2.96. The van der Waals surface area contributed by atoms with E-state index in [2.05, 4.69) is 12.2 Å². The van der Waals surface area contributed by atoms with Crippen molar-refractivity contribution in [1.82, 2.24) is 10.2 Å². The van der Waals surface area contributed by atoms with E-state index in [0.717, 1.165) is 18.4 Å². The van der Waals surface area contributed by atoms with Crippen LogP contribution >= 0.6 is 11.8 Å². The lowest BCUT2D eigenvalue weighted by Gasteiger charge is -2.28. The molecule has 2 unspecified atom stereocenters. The molecule has 0 aliphatic carbocycles. The highest BCUT2D eigenvalue weighted by Gasteiger charge is 2.42. The number of hydrogen-bond donors (Lipinski definition) is 1. The van der Waals surface area contributed by atoms with Crippen molar-refractivity contribution in [3.63, 3.8) is 0 Å². The van der Waals surface area contributed by atoms with Gasteiger partial charge in [-0.1, -0.05) is 19.4 Å². The van der Waals surface area contributed by atoms with Crippen LogP contribution in [0.4, 0.5) is 0 Å². The fraction of sp³-hybridized carbons (Fsp3) is 0.455. The van der Waals surface area contributed by atoms with E-state index >= 15 is 0 Å². The lowest BCUT2D eigenvalue weighted by atomic mass is 10.1. The second kappa shape index (κ2) is 10.4. The monoisotopic (exact) mass is 432 g/mol. The Morgan fingerprint density at radius 2 is 2.03 bits per heavy atom. The van der Waals surface area contributed by atoms with E-state index in [4.69, 9.17) is 13.9 Å². The first-order chi connectivity index (χ1) is 14.6. The molecule has 0 saturated carbocycles. The maximum atomic E-state index is 12.9. The quantitative estimate of drug-likeness (QED) is 0.655. The van der Waals surface area contributed by atoms with Gasteiger partial charge in [-0.05, 0) is 42.7 Å². The van der Waals surface area contributed by atoms with Crippen LogP contribution in [0, 0.1) is 0 Å². The van der Waals surface area contributed by atoms with Gasteiger partial charge < -0.3 is 24.1 Å². The van der Waals surface area contributed by atoms with Gasteiger partial charge in [0, 0.05) is 12.3 Å². The molecule has 0 bridgehead atoms. The maximum absolute atomic E-state index is 12.9. The molecule has 30 heavy (non-hydrogen) atoms. The molecule has 7 nitrogen and oxygen atoms in total. The van der Waals surface area contributed by atoms with Crippen LogP contribution in [-0.2, 0) is 11.2 Å². The Kier molecular flexibility index (Phi) is 7.68. The molecule has 2 amide bonds. The van der Waals surface area contributed by atoms with E-state index in [0.29, 0.717) is 30.2 Å². The SMILES string of the molecule is CCCC1SCC(C(=O)NCCc2ccc(OC)c(OC)c2)N1C(=O)c1ccco1. The Balaban J connectivity index is 1.62. The number of methoxy groups -OCH3 is 2. The molecule has 1 aromatic carbocycles. The number of hydrogen-bond acceptors (Lipinski definition) is 6. The molecule has 2 atom stereocenters. The number of nitrogens with one attached hydrogen (secondary N) is 1. The molecule has 162 valence electrons. The van der Waals surface area contributed by atoms with Crippen molar-refractivity contribution in [3.8, 4) is 11.5 Å². The molecule has 2 heterocycles. The topological polar surface area (TPSA) is 81.0 Å². The van der Waals surface area contributed by atoms with Crippen molar-refractivity contribution >= 4 is 23.6 Å². The Morgan fingerprint density at radius 1 is 1.23 bits per heavy atom. The lowest BCUT2D eigenvalue weighted by molar-refractivity contribution is -0.124. The third-order valence-electron chi connectivity index (χ3n) is 5.06. The van der Waals surface area contributed by atoms with Gasteiger partial charge in [0.2, 0.25) is 5.91 Å². The second-order valence-corrected chi connectivity index (χ2v) is 8.22. The molecule has 1 aliphatic rings.